The number of aliphatic hydroxyl groups is 1. The molecule has 1 aromatic heterocycles. The van der Waals surface area contributed by atoms with Crippen LogP contribution in [0, 0.1) is 5.92 Å². The van der Waals surface area contributed by atoms with Gasteiger partial charge in [0, 0.05) is 5.38 Å². The molecule has 1 heterocycles. The summed E-state index contributed by atoms with van der Waals surface area (Å²) in [7, 11) is 0. The van der Waals surface area contributed by atoms with Crippen LogP contribution in [0.15, 0.2) is 5.38 Å². The Bertz CT molecular complexity index is 226. The normalized spacial score (nSPS) is 15.6. The van der Waals surface area contributed by atoms with Gasteiger partial charge in [0.2, 0.25) is 0 Å². The zero-order chi connectivity index (χ0) is 9.68. The van der Waals surface area contributed by atoms with Crippen LogP contribution >= 0.6 is 11.5 Å². The van der Waals surface area contributed by atoms with Gasteiger partial charge in [0.05, 0.1) is 6.10 Å². The molecule has 0 spiro atoms. The monoisotopic (exact) mass is 200 g/mol. The standard InChI is InChI=1S/C9H16N2OS/c1-3-4-7(2)5-9(12)8-6-13-11-10-8/h6-7,9,12H,3-5H2,1-2H3. The largest absolute Gasteiger partial charge is 0.387 e. The number of rotatable bonds is 5. The van der Waals surface area contributed by atoms with Crippen LogP contribution in [-0.2, 0) is 0 Å². The lowest BCUT2D eigenvalue weighted by Gasteiger charge is -2.13. The van der Waals surface area contributed by atoms with Crippen molar-refractivity contribution >= 4 is 11.5 Å². The molecule has 0 bridgehead atoms. The van der Waals surface area contributed by atoms with Gasteiger partial charge in [0.25, 0.3) is 0 Å². The van der Waals surface area contributed by atoms with Gasteiger partial charge in [0.15, 0.2) is 0 Å². The van der Waals surface area contributed by atoms with Crippen LogP contribution < -0.4 is 0 Å². The summed E-state index contributed by atoms with van der Waals surface area (Å²) < 4.78 is 3.73. The number of nitrogens with zero attached hydrogens (tertiary/aromatic N) is 2. The summed E-state index contributed by atoms with van der Waals surface area (Å²) >= 11 is 1.29. The first-order chi connectivity index (χ1) is 6.24. The van der Waals surface area contributed by atoms with E-state index in [-0.39, 0.29) is 0 Å². The summed E-state index contributed by atoms with van der Waals surface area (Å²) in [5.74, 6) is 0.557. The third-order valence-corrected chi connectivity index (χ3v) is 2.65. The minimum Gasteiger partial charge on any atom is -0.387 e. The highest BCUT2D eigenvalue weighted by Gasteiger charge is 2.13. The predicted molar refractivity (Wildman–Crippen MR) is 53.6 cm³/mol. The fourth-order valence-electron chi connectivity index (χ4n) is 1.43. The third-order valence-electron chi connectivity index (χ3n) is 2.13. The maximum Gasteiger partial charge on any atom is 0.104 e. The second-order valence-corrected chi connectivity index (χ2v) is 4.08. The van der Waals surface area contributed by atoms with Crippen molar-refractivity contribution in [2.45, 2.75) is 39.2 Å². The third kappa shape index (κ3) is 3.40. The molecule has 2 unspecified atom stereocenters. The zero-order valence-electron chi connectivity index (χ0n) is 8.10. The quantitative estimate of drug-likeness (QED) is 0.794. The van der Waals surface area contributed by atoms with Crippen molar-refractivity contribution in [2.75, 3.05) is 0 Å². The highest BCUT2D eigenvalue weighted by molar-refractivity contribution is 7.03. The molecule has 1 N–H and O–H groups in total. The topological polar surface area (TPSA) is 46.0 Å². The van der Waals surface area contributed by atoms with Crippen molar-refractivity contribution in [3.63, 3.8) is 0 Å². The Morgan fingerprint density at radius 1 is 1.62 bits per heavy atom. The number of hydrogen-bond donors (Lipinski definition) is 1. The van der Waals surface area contributed by atoms with Gasteiger partial charge in [-0.1, -0.05) is 31.2 Å². The molecule has 0 saturated heterocycles. The summed E-state index contributed by atoms with van der Waals surface area (Å²) in [4.78, 5) is 0. The van der Waals surface area contributed by atoms with Gasteiger partial charge in [-0.2, -0.15) is 0 Å². The predicted octanol–water partition coefficient (Wildman–Crippen LogP) is 2.40. The molecule has 0 aliphatic heterocycles. The fraction of sp³-hybridized carbons (Fsp3) is 0.778. The van der Waals surface area contributed by atoms with Gasteiger partial charge >= 0.3 is 0 Å². The van der Waals surface area contributed by atoms with Crippen LogP contribution in [0.2, 0.25) is 0 Å². The zero-order valence-corrected chi connectivity index (χ0v) is 8.92. The van der Waals surface area contributed by atoms with Gasteiger partial charge in [-0.3, -0.25) is 0 Å². The van der Waals surface area contributed by atoms with Crippen molar-refractivity contribution in [1.29, 1.82) is 0 Å². The van der Waals surface area contributed by atoms with Crippen LogP contribution in [0.25, 0.3) is 0 Å². The summed E-state index contributed by atoms with van der Waals surface area (Å²) in [6.45, 7) is 4.32. The lowest BCUT2D eigenvalue weighted by molar-refractivity contribution is 0.140. The molecule has 4 heteroatoms. The summed E-state index contributed by atoms with van der Waals surface area (Å²) in [5.41, 5.74) is 0.716. The smallest absolute Gasteiger partial charge is 0.104 e. The summed E-state index contributed by atoms with van der Waals surface area (Å²) in [6, 6.07) is 0. The minimum absolute atomic E-state index is 0.430. The summed E-state index contributed by atoms with van der Waals surface area (Å²) in [6.07, 6.45) is 2.69. The molecule has 0 aliphatic rings. The Balaban J connectivity index is 2.37. The first-order valence-electron chi connectivity index (χ1n) is 4.69. The van der Waals surface area contributed by atoms with Crippen LogP contribution in [0.4, 0.5) is 0 Å². The van der Waals surface area contributed by atoms with E-state index in [4.69, 9.17) is 0 Å². The van der Waals surface area contributed by atoms with Crippen molar-refractivity contribution in [1.82, 2.24) is 9.59 Å². The highest BCUT2D eigenvalue weighted by Crippen LogP contribution is 2.22. The van der Waals surface area contributed by atoms with E-state index in [1.807, 2.05) is 5.38 Å². The van der Waals surface area contributed by atoms with Gasteiger partial charge in [-0.05, 0) is 23.9 Å². The fourth-order valence-corrected chi connectivity index (χ4v) is 1.93. The average molecular weight is 200 g/mol. The van der Waals surface area contributed by atoms with Gasteiger partial charge < -0.3 is 5.11 Å². The van der Waals surface area contributed by atoms with E-state index in [2.05, 4.69) is 23.4 Å². The molecule has 3 nitrogen and oxygen atoms in total. The number of hydrogen-bond acceptors (Lipinski definition) is 4. The van der Waals surface area contributed by atoms with E-state index < -0.39 is 6.10 Å². The van der Waals surface area contributed by atoms with E-state index in [1.54, 1.807) is 0 Å². The van der Waals surface area contributed by atoms with Crippen molar-refractivity contribution in [2.24, 2.45) is 5.92 Å². The minimum atomic E-state index is -0.430. The Labute approximate surface area is 83.0 Å². The molecule has 0 aliphatic carbocycles. The Morgan fingerprint density at radius 2 is 2.38 bits per heavy atom. The number of aliphatic hydroxyl groups excluding tert-OH is 1. The maximum absolute atomic E-state index is 9.71. The molecule has 2 atom stereocenters. The maximum atomic E-state index is 9.71. The second kappa shape index (κ2) is 5.29. The van der Waals surface area contributed by atoms with E-state index in [9.17, 15) is 5.11 Å². The van der Waals surface area contributed by atoms with E-state index in [0.29, 0.717) is 11.6 Å². The number of aromatic nitrogens is 2. The molecule has 0 fully saturated rings. The first-order valence-corrected chi connectivity index (χ1v) is 5.52. The highest BCUT2D eigenvalue weighted by atomic mass is 32.1. The average Bonchev–Trinajstić information content (AvgIpc) is 2.55. The van der Waals surface area contributed by atoms with E-state index in [1.165, 1.54) is 18.0 Å². The summed E-state index contributed by atoms with van der Waals surface area (Å²) in [5, 5.41) is 15.4. The molecule has 0 radical (unpaired) electrons. The molecular formula is C9H16N2OS. The van der Waals surface area contributed by atoms with Crippen LogP contribution in [0.5, 0.6) is 0 Å². The van der Waals surface area contributed by atoms with Crippen LogP contribution in [-0.4, -0.2) is 14.7 Å². The molecule has 0 amide bonds. The molecule has 0 aromatic carbocycles. The molecule has 0 saturated carbocycles. The molecule has 13 heavy (non-hydrogen) atoms. The molecular weight excluding hydrogens is 184 g/mol. The second-order valence-electron chi connectivity index (χ2n) is 3.48. The van der Waals surface area contributed by atoms with Crippen LogP contribution in [0.1, 0.15) is 44.9 Å². The van der Waals surface area contributed by atoms with E-state index in [0.717, 1.165) is 12.8 Å². The van der Waals surface area contributed by atoms with Crippen molar-refractivity contribution in [3.8, 4) is 0 Å². The van der Waals surface area contributed by atoms with E-state index >= 15 is 0 Å². The van der Waals surface area contributed by atoms with Gasteiger partial charge in [0.1, 0.15) is 5.69 Å². The Morgan fingerprint density at radius 3 is 2.92 bits per heavy atom. The lowest BCUT2D eigenvalue weighted by Crippen LogP contribution is -2.04. The first kappa shape index (κ1) is 10.6. The van der Waals surface area contributed by atoms with Crippen molar-refractivity contribution in [3.05, 3.63) is 11.1 Å². The van der Waals surface area contributed by atoms with Gasteiger partial charge in [-0.15, -0.1) is 5.10 Å². The van der Waals surface area contributed by atoms with Gasteiger partial charge in [-0.25, -0.2) is 0 Å². The molecule has 74 valence electrons. The van der Waals surface area contributed by atoms with Crippen molar-refractivity contribution < 1.29 is 5.11 Å². The SMILES string of the molecule is CCCC(C)CC(O)c1csnn1. The lowest BCUT2D eigenvalue weighted by atomic mass is 9.98. The Hall–Kier alpha value is -0.480. The Kier molecular flexibility index (Phi) is 4.32. The molecule has 1 aromatic rings. The van der Waals surface area contributed by atoms with Crippen LogP contribution in [0.3, 0.4) is 0 Å². The molecule has 1 rings (SSSR count).